The minimum atomic E-state index is -0.276. The van der Waals surface area contributed by atoms with E-state index in [1.54, 1.807) is 12.1 Å². The van der Waals surface area contributed by atoms with Crippen LogP contribution >= 0.6 is 0 Å². The Bertz CT molecular complexity index is 499. The number of carbonyl (C=O) groups excluding carboxylic acids is 2. The third-order valence-electron chi connectivity index (χ3n) is 3.82. The van der Waals surface area contributed by atoms with Crippen LogP contribution in [-0.4, -0.2) is 29.6 Å². The molecule has 114 valence electrons. The Morgan fingerprint density at radius 1 is 1.24 bits per heavy atom. The lowest BCUT2D eigenvalue weighted by atomic mass is 10.1. The Kier molecular flexibility index (Phi) is 5.33. The Hall–Kier alpha value is -1.88. The Labute approximate surface area is 124 Å². The topological polar surface area (TPSA) is 78.4 Å². The van der Waals surface area contributed by atoms with Gasteiger partial charge in [0.2, 0.25) is 11.8 Å². The van der Waals surface area contributed by atoms with Gasteiger partial charge < -0.3 is 15.7 Å². The van der Waals surface area contributed by atoms with Gasteiger partial charge in [-0.15, -0.1) is 0 Å². The highest BCUT2D eigenvalue weighted by atomic mass is 16.3. The van der Waals surface area contributed by atoms with Crippen molar-refractivity contribution < 1.29 is 14.7 Å². The molecule has 1 saturated carbocycles. The number of carbonyl (C=O) groups is 2. The van der Waals surface area contributed by atoms with Crippen LogP contribution in [0.1, 0.15) is 31.7 Å². The first kappa shape index (κ1) is 15.5. The average Bonchev–Trinajstić information content (AvgIpc) is 2.84. The van der Waals surface area contributed by atoms with E-state index in [-0.39, 0.29) is 23.8 Å². The van der Waals surface area contributed by atoms with Crippen molar-refractivity contribution in [3.63, 3.8) is 0 Å². The molecule has 2 atom stereocenters. The summed E-state index contributed by atoms with van der Waals surface area (Å²) in [5.41, 5.74) is 1.62. The van der Waals surface area contributed by atoms with Gasteiger partial charge in [-0.05, 0) is 30.5 Å². The SMILES string of the molecule is CC(=O)Nc1ccc(CC(=O)NCC2CCCC2O)cc1. The van der Waals surface area contributed by atoms with Crippen LogP contribution in [0.3, 0.4) is 0 Å². The number of aliphatic hydroxyl groups is 1. The average molecular weight is 290 g/mol. The molecule has 1 fully saturated rings. The predicted molar refractivity (Wildman–Crippen MR) is 80.8 cm³/mol. The third-order valence-corrected chi connectivity index (χ3v) is 3.82. The highest BCUT2D eigenvalue weighted by Crippen LogP contribution is 2.24. The van der Waals surface area contributed by atoms with Crippen LogP contribution in [0.15, 0.2) is 24.3 Å². The first-order valence-electron chi connectivity index (χ1n) is 7.36. The van der Waals surface area contributed by atoms with Crippen LogP contribution in [-0.2, 0) is 16.0 Å². The zero-order valence-corrected chi connectivity index (χ0v) is 12.3. The lowest BCUT2D eigenvalue weighted by molar-refractivity contribution is -0.120. The van der Waals surface area contributed by atoms with E-state index in [2.05, 4.69) is 10.6 Å². The van der Waals surface area contributed by atoms with Crippen molar-refractivity contribution in [1.82, 2.24) is 5.32 Å². The standard InChI is InChI=1S/C16H22N2O3/c1-11(19)18-14-7-5-12(6-8-14)9-16(21)17-10-13-3-2-4-15(13)20/h5-8,13,15,20H,2-4,9-10H2,1H3,(H,17,21)(H,18,19). The second kappa shape index (κ2) is 7.22. The lowest BCUT2D eigenvalue weighted by Crippen LogP contribution is -2.33. The molecule has 5 heteroatoms. The molecule has 0 spiro atoms. The summed E-state index contributed by atoms with van der Waals surface area (Å²) < 4.78 is 0. The van der Waals surface area contributed by atoms with E-state index in [4.69, 9.17) is 0 Å². The van der Waals surface area contributed by atoms with Crippen LogP contribution in [0.4, 0.5) is 5.69 Å². The fourth-order valence-corrected chi connectivity index (χ4v) is 2.66. The molecular weight excluding hydrogens is 268 g/mol. The first-order valence-corrected chi connectivity index (χ1v) is 7.36. The van der Waals surface area contributed by atoms with E-state index in [9.17, 15) is 14.7 Å². The van der Waals surface area contributed by atoms with Gasteiger partial charge in [0.15, 0.2) is 0 Å². The van der Waals surface area contributed by atoms with Crippen molar-refractivity contribution in [2.75, 3.05) is 11.9 Å². The number of amides is 2. The van der Waals surface area contributed by atoms with Crippen molar-refractivity contribution in [2.24, 2.45) is 5.92 Å². The highest BCUT2D eigenvalue weighted by molar-refractivity contribution is 5.88. The first-order chi connectivity index (χ1) is 10.0. The number of anilines is 1. The van der Waals surface area contributed by atoms with Gasteiger partial charge in [0, 0.05) is 25.1 Å². The molecule has 5 nitrogen and oxygen atoms in total. The second-order valence-electron chi connectivity index (χ2n) is 5.62. The Balaban J connectivity index is 1.78. The summed E-state index contributed by atoms with van der Waals surface area (Å²) in [6, 6.07) is 7.22. The van der Waals surface area contributed by atoms with E-state index in [1.807, 2.05) is 12.1 Å². The normalized spacial score (nSPS) is 21.0. The minimum absolute atomic E-state index is 0.0404. The van der Waals surface area contributed by atoms with Gasteiger partial charge in [-0.3, -0.25) is 9.59 Å². The predicted octanol–water partition coefficient (Wildman–Crippen LogP) is 1.46. The summed E-state index contributed by atoms with van der Waals surface area (Å²) >= 11 is 0. The smallest absolute Gasteiger partial charge is 0.224 e. The molecule has 0 heterocycles. The molecule has 0 aliphatic heterocycles. The molecule has 0 saturated heterocycles. The molecule has 1 aromatic rings. The highest BCUT2D eigenvalue weighted by Gasteiger charge is 2.25. The third kappa shape index (κ3) is 4.86. The summed E-state index contributed by atoms with van der Waals surface area (Å²) in [6.07, 6.45) is 2.88. The molecule has 0 radical (unpaired) electrons. The zero-order chi connectivity index (χ0) is 15.2. The van der Waals surface area contributed by atoms with Crippen LogP contribution in [0.25, 0.3) is 0 Å². The molecule has 0 bridgehead atoms. The molecule has 2 rings (SSSR count). The lowest BCUT2D eigenvalue weighted by Gasteiger charge is -2.15. The van der Waals surface area contributed by atoms with Gasteiger partial charge in [-0.25, -0.2) is 0 Å². The number of aliphatic hydroxyl groups excluding tert-OH is 1. The summed E-state index contributed by atoms with van der Waals surface area (Å²) in [4.78, 5) is 22.8. The second-order valence-corrected chi connectivity index (χ2v) is 5.62. The molecule has 21 heavy (non-hydrogen) atoms. The van der Waals surface area contributed by atoms with E-state index in [0.717, 1.165) is 30.5 Å². The van der Waals surface area contributed by atoms with Gasteiger partial charge in [-0.2, -0.15) is 0 Å². The number of nitrogens with one attached hydrogen (secondary N) is 2. The van der Waals surface area contributed by atoms with Crippen molar-refractivity contribution in [1.29, 1.82) is 0 Å². The molecule has 1 aliphatic rings. The van der Waals surface area contributed by atoms with E-state index in [0.29, 0.717) is 13.0 Å². The Morgan fingerprint density at radius 2 is 1.95 bits per heavy atom. The van der Waals surface area contributed by atoms with Crippen LogP contribution in [0.5, 0.6) is 0 Å². The van der Waals surface area contributed by atoms with Gasteiger partial charge in [-0.1, -0.05) is 18.6 Å². The Morgan fingerprint density at radius 3 is 2.52 bits per heavy atom. The monoisotopic (exact) mass is 290 g/mol. The molecule has 1 aromatic carbocycles. The fraction of sp³-hybridized carbons (Fsp3) is 0.500. The minimum Gasteiger partial charge on any atom is -0.393 e. The molecule has 1 aliphatic carbocycles. The van der Waals surface area contributed by atoms with Crippen LogP contribution in [0, 0.1) is 5.92 Å². The quantitative estimate of drug-likeness (QED) is 0.768. The molecular formula is C16H22N2O3. The van der Waals surface area contributed by atoms with Gasteiger partial charge >= 0.3 is 0 Å². The van der Waals surface area contributed by atoms with Crippen LogP contribution in [0.2, 0.25) is 0 Å². The van der Waals surface area contributed by atoms with Crippen molar-refractivity contribution in [2.45, 2.75) is 38.7 Å². The maximum atomic E-state index is 11.9. The van der Waals surface area contributed by atoms with Gasteiger partial charge in [0.25, 0.3) is 0 Å². The maximum Gasteiger partial charge on any atom is 0.224 e. The summed E-state index contributed by atoms with van der Waals surface area (Å²) in [6.45, 7) is 2.00. The largest absolute Gasteiger partial charge is 0.393 e. The van der Waals surface area contributed by atoms with Crippen molar-refractivity contribution in [3.05, 3.63) is 29.8 Å². The molecule has 2 amide bonds. The summed E-state index contributed by atoms with van der Waals surface area (Å²) in [5, 5.41) is 15.3. The maximum absolute atomic E-state index is 11.9. The molecule has 3 N–H and O–H groups in total. The van der Waals surface area contributed by atoms with Crippen LogP contribution < -0.4 is 10.6 Å². The van der Waals surface area contributed by atoms with E-state index >= 15 is 0 Å². The van der Waals surface area contributed by atoms with Gasteiger partial charge in [0.1, 0.15) is 0 Å². The number of rotatable bonds is 5. The number of benzene rings is 1. The number of hydrogen-bond donors (Lipinski definition) is 3. The summed E-state index contributed by atoms with van der Waals surface area (Å²) in [5.74, 6) is 0.0353. The van der Waals surface area contributed by atoms with E-state index in [1.165, 1.54) is 6.92 Å². The van der Waals surface area contributed by atoms with Crippen molar-refractivity contribution >= 4 is 17.5 Å². The molecule has 2 unspecified atom stereocenters. The zero-order valence-electron chi connectivity index (χ0n) is 12.3. The van der Waals surface area contributed by atoms with Crippen molar-refractivity contribution in [3.8, 4) is 0 Å². The fourth-order valence-electron chi connectivity index (χ4n) is 2.66. The van der Waals surface area contributed by atoms with Gasteiger partial charge in [0.05, 0.1) is 12.5 Å². The van der Waals surface area contributed by atoms with E-state index < -0.39 is 0 Å². The summed E-state index contributed by atoms with van der Waals surface area (Å²) in [7, 11) is 0. The number of hydrogen-bond acceptors (Lipinski definition) is 3. The molecule has 0 aromatic heterocycles.